The third kappa shape index (κ3) is 6.53. The molecule has 0 fully saturated rings. The molecule has 0 saturated carbocycles. The van der Waals surface area contributed by atoms with Crippen molar-refractivity contribution in [3.8, 4) is 0 Å². The average Bonchev–Trinajstić information content (AvgIpc) is 2.85. The number of benzene rings is 4. The van der Waals surface area contributed by atoms with Gasteiger partial charge in [-0.25, -0.2) is 8.42 Å². The summed E-state index contributed by atoms with van der Waals surface area (Å²) < 4.78 is 28.2. The van der Waals surface area contributed by atoms with Crippen molar-refractivity contribution in [2.45, 2.75) is 29.4 Å². The summed E-state index contributed by atoms with van der Waals surface area (Å²) in [7, 11) is -3.77. The molecule has 1 amide bonds. The van der Waals surface area contributed by atoms with Crippen LogP contribution in [0.15, 0.2) is 107 Å². The molecule has 0 heterocycles. The zero-order valence-electron chi connectivity index (χ0n) is 19.5. The molecule has 4 aromatic rings. The van der Waals surface area contributed by atoms with Crippen molar-refractivity contribution in [1.29, 1.82) is 0 Å². The van der Waals surface area contributed by atoms with Crippen molar-refractivity contribution in [3.63, 3.8) is 0 Å². The molecule has 0 unspecified atom stereocenters. The monoisotopic (exact) mass is 502 g/mol. The van der Waals surface area contributed by atoms with E-state index in [-0.39, 0.29) is 10.8 Å². The van der Waals surface area contributed by atoms with Crippen LogP contribution in [0.25, 0.3) is 0 Å². The fourth-order valence-electron chi connectivity index (χ4n) is 3.37. The molecule has 2 N–H and O–H groups in total. The molecule has 4 aromatic carbocycles. The second-order valence-electron chi connectivity index (χ2n) is 8.20. The van der Waals surface area contributed by atoms with Crippen LogP contribution in [-0.2, 0) is 15.8 Å². The SMILES string of the molecule is Cc1ccc(S(=O)(=O)Nc2cc(C(=O)Nc3ccc(CSc4ccccc4)cc3)ccc2C)cc1. The van der Waals surface area contributed by atoms with Crippen molar-refractivity contribution >= 4 is 39.1 Å². The van der Waals surface area contributed by atoms with Gasteiger partial charge < -0.3 is 5.32 Å². The Bertz CT molecular complexity index is 1420. The number of rotatable bonds is 8. The van der Waals surface area contributed by atoms with Crippen LogP contribution >= 0.6 is 11.8 Å². The van der Waals surface area contributed by atoms with Crippen LogP contribution in [0.1, 0.15) is 27.0 Å². The normalized spacial score (nSPS) is 11.1. The minimum atomic E-state index is -3.77. The van der Waals surface area contributed by atoms with Crippen molar-refractivity contribution in [2.75, 3.05) is 10.0 Å². The minimum Gasteiger partial charge on any atom is -0.322 e. The van der Waals surface area contributed by atoms with Gasteiger partial charge in [-0.3, -0.25) is 9.52 Å². The molecule has 0 bridgehead atoms. The van der Waals surface area contributed by atoms with Crippen LogP contribution in [0.4, 0.5) is 11.4 Å². The standard InChI is InChI=1S/C28H26N2O3S2/c1-20-8-16-26(17-9-20)35(32,33)30-27-18-23(13-10-21(27)2)28(31)29-24-14-11-22(12-15-24)19-34-25-6-4-3-5-7-25/h3-18,30H,19H2,1-2H3,(H,29,31). The van der Waals surface area contributed by atoms with Crippen LogP contribution in [0, 0.1) is 13.8 Å². The van der Waals surface area contributed by atoms with Gasteiger partial charge in [0.25, 0.3) is 15.9 Å². The number of amides is 1. The highest BCUT2D eigenvalue weighted by molar-refractivity contribution is 7.98. The van der Waals surface area contributed by atoms with E-state index in [1.165, 1.54) is 4.90 Å². The van der Waals surface area contributed by atoms with Gasteiger partial charge in [-0.2, -0.15) is 0 Å². The number of hydrogen-bond donors (Lipinski definition) is 2. The van der Waals surface area contributed by atoms with E-state index in [2.05, 4.69) is 22.2 Å². The van der Waals surface area contributed by atoms with Crippen molar-refractivity contribution in [1.82, 2.24) is 0 Å². The smallest absolute Gasteiger partial charge is 0.261 e. The third-order valence-electron chi connectivity index (χ3n) is 5.44. The summed E-state index contributed by atoms with van der Waals surface area (Å²) in [4.78, 5) is 14.2. The van der Waals surface area contributed by atoms with Crippen LogP contribution in [-0.4, -0.2) is 14.3 Å². The molecule has 0 radical (unpaired) electrons. The largest absolute Gasteiger partial charge is 0.322 e. The first-order valence-corrected chi connectivity index (χ1v) is 13.6. The molecule has 0 aromatic heterocycles. The molecular weight excluding hydrogens is 476 g/mol. The Kier molecular flexibility index (Phi) is 7.58. The van der Waals surface area contributed by atoms with Gasteiger partial charge in [0.2, 0.25) is 0 Å². The van der Waals surface area contributed by atoms with Crippen LogP contribution in [0.5, 0.6) is 0 Å². The topological polar surface area (TPSA) is 75.3 Å². The summed E-state index contributed by atoms with van der Waals surface area (Å²) >= 11 is 1.75. The number of carbonyl (C=O) groups is 1. The van der Waals surface area contributed by atoms with E-state index in [1.807, 2.05) is 49.4 Å². The van der Waals surface area contributed by atoms with Crippen LogP contribution in [0.2, 0.25) is 0 Å². The lowest BCUT2D eigenvalue weighted by Crippen LogP contribution is -2.16. The second-order valence-corrected chi connectivity index (χ2v) is 10.9. The Morgan fingerprint density at radius 1 is 0.829 bits per heavy atom. The van der Waals surface area contributed by atoms with E-state index >= 15 is 0 Å². The fraction of sp³-hybridized carbons (Fsp3) is 0.107. The lowest BCUT2D eigenvalue weighted by molar-refractivity contribution is 0.102. The summed E-state index contributed by atoms with van der Waals surface area (Å²) in [5.41, 5.74) is 4.25. The average molecular weight is 503 g/mol. The Balaban J connectivity index is 1.42. The van der Waals surface area contributed by atoms with Crippen molar-refractivity contribution in [3.05, 3.63) is 119 Å². The summed E-state index contributed by atoms with van der Waals surface area (Å²) in [6, 6.07) is 29.5. The van der Waals surface area contributed by atoms with Gasteiger partial charge in [0.1, 0.15) is 0 Å². The van der Waals surface area contributed by atoms with Crippen molar-refractivity contribution < 1.29 is 13.2 Å². The van der Waals surface area contributed by atoms with Crippen LogP contribution < -0.4 is 10.0 Å². The van der Waals surface area contributed by atoms with E-state index in [0.29, 0.717) is 16.9 Å². The third-order valence-corrected chi connectivity index (χ3v) is 7.90. The summed E-state index contributed by atoms with van der Waals surface area (Å²) in [6.07, 6.45) is 0. The van der Waals surface area contributed by atoms with Gasteiger partial charge in [-0.15, -0.1) is 11.8 Å². The number of nitrogens with one attached hydrogen (secondary N) is 2. The molecule has 0 spiro atoms. The first-order valence-electron chi connectivity index (χ1n) is 11.1. The molecular formula is C28H26N2O3S2. The zero-order valence-corrected chi connectivity index (χ0v) is 21.1. The van der Waals surface area contributed by atoms with Gasteiger partial charge in [-0.05, 0) is 73.5 Å². The van der Waals surface area contributed by atoms with Crippen molar-refractivity contribution in [2.24, 2.45) is 0 Å². The Labute approximate surface area is 210 Å². The maximum absolute atomic E-state index is 12.9. The van der Waals surface area contributed by atoms with E-state index in [0.717, 1.165) is 22.4 Å². The summed E-state index contributed by atoms with van der Waals surface area (Å²) in [5.74, 6) is 0.521. The molecule has 5 nitrogen and oxygen atoms in total. The highest BCUT2D eigenvalue weighted by Crippen LogP contribution is 2.24. The molecule has 0 saturated heterocycles. The second kappa shape index (κ2) is 10.8. The molecule has 0 aliphatic rings. The van der Waals surface area contributed by atoms with E-state index in [1.54, 1.807) is 61.2 Å². The maximum atomic E-state index is 12.9. The number of thioether (sulfide) groups is 1. The summed E-state index contributed by atoms with van der Waals surface area (Å²) in [5, 5.41) is 2.88. The molecule has 0 aliphatic heterocycles. The quantitative estimate of drug-likeness (QED) is 0.265. The zero-order chi connectivity index (χ0) is 24.8. The van der Waals surface area contributed by atoms with Gasteiger partial charge in [0.05, 0.1) is 10.6 Å². The van der Waals surface area contributed by atoms with Gasteiger partial charge >= 0.3 is 0 Å². The van der Waals surface area contributed by atoms with Gasteiger partial charge in [0, 0.05) is 21.9 Å². The Hall–Kier alpha value is -3.55. The highest BCUT2D eigenvalue weighted by Gasteiger charge is 2.17. The molecule has 4 rings (SSSR count). The number of hydrogen-bond acceptors (Lipinski definition) is 4. The van der Waals surface area contributed by atoms with E-state index in [9.17, 15) is 13.2 Å². The minimum absolute atomic E-state index is 0.169. The Morgan fingerprint density at radius 2 is 1.51 bits per heavy atom. The summed E-state index contributed by atoms with van der Waals surface area (Å²) in [6.45, 7) is 3.69. The molecule has 0 atom stereocenters. The fourth-order valence-corrected chi connectivity index (χ4v) is 5.36. The van der Waals surface area contributed by atoms with Crippen LogP contribution in [0.3, 0.4) is 0 Å². The Morgan fingerprint density at radius 3 is 2.20 bits per heavy atom. The lowest BCUT2D eigenvalue weighted by atomic mass is 10.1. The molecule has 178 valence electrons. The lowest BCUT2D eigenvalue weighted by Gasteiger charge is -2.13. The molecule has 0 aliphatic carbocycles. The molecule has 35 heavy (non-hydrogen) atoms. The predicted octanol–water partition coefficient (Wildman–Crippen LogP) is 6.65. The predicted molar refractivity (Wildman–Crippen MR) is 144 cm³/mol. The van der Waals surface area contributed by atoms with E-state index in [4.69, 9.17) is 0 Å². The number of anilines is 2. The first kappa shape index (κ1) is 24.6. The highest BCUT2D eigenvalue weighted by atomic mass is 32.2. The maximum Gasteiger partial charge on any atom is 0.261 e. The van der Waals surface area contributed by atoms with Gasteiger partial charge in [0.15, 0.2) is 0 Å². The first-order chi connectivity index (χ1) is 16.8. The molecule has 7 heteroatoms. The number of sulfonamides is 1. The van der Waals surface area contributed by atoms with Gasteiger partial charge in [-0.1, -0.05) is 54.1 Å². The number of carbonyl (C=O) groups excluding carboxylic acids is 1. The van der Waals surface area contributed by atoms with E-state index < -0.39 is 10.0 Å². The number of aryl methyl sites for hydroxylation is 2.